The zero-order valence-electron chi connectivity index (χ0n) is 5.23. The summed E-state index contributed by atoms with van der Waals surface area (Å²) in [5.74, 6) is 0. The van der Waals surface area contributed by atoms with E-state index in [-0.39, 0.29) is 58.0 Å². The molecule has 0 unspecified atom stereocenters. The van der Waals surface area contributed by atoms with E-state index in [9.17, 15) is 0 Å². The van der Waals surface area contributed by atoms with E-state index in [0.29, 0.717) is 0 Å². The molecule has 0 rings (SSSR count). The summed E-state index contributed by atoms with van der Waals surface area (Å²) in [6, 6.07) is 0. The topological polar surface area (TPSA) is 74.6 Å². The average Bonchev–Trinajstić information content (AvgIpc) is 0.722. The minimum absolute atomic E-state index is 0. The summed E-state index contributed by atoms with van der Waals surface area (Å²) in [5, 5.41) is 0. The monoisotopic (exact) mass is 212 g/mol. The molecule has 0 saturated carbocycles. The Bertz CT molecular complexity index is 99.7. The van der Waals surface area contributed by atoms with E-state index in [1.54, 1.807) is 0 Å². The van der Waals surface area contributed by atoms with Gasteiger partial charge in [-0.3, -0.25) is 0 Å². The van der Waals surface area contributed by atoms with Gasteiger partial charge in [0, 0.05) is 17.4 Å². The average molecular weight is 212 g/mol. The Balaban J connectivity index is -0.0000000133. The normalized spacial score (nSPS) is 8.29. The molecular formula is H4CaCr2O4. The molecule has 0 aromatic carbocycles. The van der Waals surface area contributed by atoms with Gasteiger partial charge in [0.2, 0.25) is 0 Å². The molecule has 4 nitrogen and oxygen atoms in total. The molecule has 0 atom stereocenters. The van der Waals surface area contributed by atoms with Crippen molar-refractivity contribution in [1.82, 2.24) is 0 Å². The molecule has 0 spiro atoms. The first-order valence-corrected chi connectivity index (χ1v) is 2.88. The first-order valence-electron chi connectivity index (χ1n) is 0.698. The molecule has 7 heavy (non-hydrogen) atoms. The van der Waals surface area contributed by atoms with Crippen LogP contribution in [0.25, 0.3) is 0 Å². The molecule has 0 aliphatic carbocycles. The molecule has 0 bridgehead atoms. The van der Waals surface area contributed by atoms with Crippen molar-refractivity contribution in [3.63, 3.8) is 0 Å². The molecular weight excluding hydrogens is 208 g/mol. The molecule has 0 aromatic rings. The molecule has 7 heteroatoms. The minimum atomic E-state index is -5.25. The van der Waals surface area contributed by atoms with Gasteiger partial charge in [0.25, 0.3) is 0 Å². The molecule has 0 fully saturated rings. The molecule has 0 saturated heterocycles. The van der Waals surface area contributed by atoms with Gasteiger partial charge in [0.05, 0.1) is 0 Å². The Morgan fingerprint density at radius 1 is 1.29 bits per heavy atom. The van der Waals surface area contributed by atoms with E-state index in [1.165, 1.54) is 0 Å². The van der Waals surface area contributed by atoms with Gasteiger partial charge in [0.1, 0.15) is 0 Å². The molecule has 0 aromatic heterocycles. The fourth-order valence-corrected chi connectivity index (χ4v) is 0. The molecule has 42 valence electrons. The van der Waals surface area contributed by atoms with Crippen LogP contribution in [0.4, 0.5) is 0 Å². The van der Waals surface area contributed by atoms with E-state index < -0.39 is 13.6 Å². The summed E-state index contributed by atoms with van der Waals surface area (Å²) in [7, 11) is 0. The molecule has 0 amide bonds. The third-order valence-electron chi connectivity index (χ3n) is 0. The van der Waals surface area contributed by atoms with Crippen molar-refractivity contribution in [2.24, 2.45) is 0 Å². The van der Waals surface area contributed by atoms with Gasteiger partial charge in [0.15, 0.2) is 0 Å². The second kappa shape index (κ2) is 5.97. The summed E-state index contributed by atoms with van der Waals surface area (Å²) < 4.78 is 31.9. The summed E-state index contributed by atoms with van der Waals surface area (Å²) in [4.78, 5) is 0. The SMILES string of the molecule is [Ca+2].[Cr].[H-].[H-].[O]=[Cr](=[O])([OH])[OH]. The first-order chi connectivity index (χ1) is 2.00. The van der Waals surface area contributed by atoms with E-state index >= 15 is 0 Å². The summed E-state index contributed by atoms with van der Waals surface area (Å²) >= 11 is -5.25. The van der Waals surface area contributed by atoms with Crippen molar-refractivity contribution in [2.75, 3.05) is 0 Å². The number of hydrogen-bond acceptors (Lipinski definition) is 2. The van der Waals surface area contributed by atoms with Crippen molar-refractivity contribution in [1.29, 1.82) is 0 Å². The van der Waals surface area contributed by atoms with Crippen LogP contribution in [0.15, 0.2) is 0 Å². The predicted molar refractivity (Wildman–Crippen MR) is 13.8 cm³/mol. The Labute approximate surface area is 86.4 Å². The van der Waals surface area contributed by atoms with Crippen LogP contribution < -0.4 is 0 Å². The molecule has 2 N–H and O–H groups in total. The van der Waals surface area contributed by atoms with E-state index in [1.807, 2.05) is 0 Å². The van der Waals surface area contributed by atoms with Crippen LogP contribution >= 0.6 is 0 Å². The predicted octanol–water partition coefficient (Wildman–Crippen LogP) is -1.51. The van der Waals surface area contributed by atoms with E-state index in [0.717, 1.165) is 0 Å². The van der Waals surface area contributed by atoms with Crippen molar-refractivity contribution >= 4 is 37.7 Å². The number of hydrogen-bond donors (Lipinski definition) is 2. The Morgan fingerprint density at radius 3 is 1.29 bits per heavy atom. The molecule has 0 heterocycles. The fraction of sp³-hybridized carbons (Fsp3) is 0. The fourth-order valence-electron chi connectivity index (χ4n) is 0. The summed E-state index contributed by atoms with van der Waals surface area (Å²) in [6.45, 7) is 0. The van der Waals surface area contributed by atoms with Crippen LogP contribution in [0.5, 0.6) is 0 Å². The van der Waals surface area contributed by atoms with Gasteiger partial charge in [-0.1, -0.05) is 0 Å². The van der Waals surface area contributed by atoms with E-state index in [2.05, 4.69) is 0 Å². The first kappa shape index (κ1) is 15.9. The Morgan fingerprint density at radius 2 is 1.29 bits per heavy atom. The Kier molecular flexibility index (Phi) is 13.6. The third kappa shape index (κ3) is 78.8. The van der Waals surface area contributed by atoms with E-state index in [4.69, 9.17) is 15.9 Å². The number of rotatable bonds is 0. The van der Waals surface area contributed by atoms with Gasteiger partial charge in [-0.15, -0.1) is 0 Å². The van der Waals surface area contributed by atoms with Crippen LogP contribution in [0.2, 0.25) is 0 Å². The van der Waals surface area contributed by atoms with Crippen LogP contribution in [-0.4, -0.2) is 46.1 Å². The molecule has 0 radical (unpaired) electrons. The zero-order valence-corrected chi connectivity index (χ0v) is 7.99. The second-order valence-corrected chi connectivity index (χ2v) is 1.85. The van der Waals surface area contributed by atoms with Crippen molar-refractivity contribution in [3.05, 3.63) is 0 Å². The summed E-state index contributed by atoms with van der Waals surface area (Å²) in [5.41, 5.74) is 0. The van der Waals surface area contributed by atoms with Crippen molar-refractivity contribution in [2.45, 2.75) is 0 Å². The van der Waals surface area contributed by atoms with Crippen LogP contribution in [0.3, 0.4) is 0 Å². The van der Waals surface area contributed by atoms with Gasteiger partial charge >= 0.3 is 67.3 Å². The maximum absolute atomic E-state index is 8.82. The Hall–Kier alpha value is 1.84. The standard InChI is InChI=1S/Ca.2Cr.2H2O.2O.2H/h;;;2*1H2;;;;/q+2;;+2;;;;;2*-1/p-2. The van der Waals surface area contributed by atoms with Crippen LogP contribution in [0, 0.1) is 0 Å². The van der Waals surface area contributed by atoms with Gasteiger partial charge in [-0.25, -0.2) is 0 Å². The summed E-state index contributed by atoms with van der Waals surface area (Å²) in [6.07, 6.45) is 0. The van der Waals surface area contributed by atoms with Gasteiger partial charge in [-0.2, -0.15) is 0 Å². The van der Waals surface area contributed by atoms with Crippen molar-refractivity contribution < 1.29 is 49.8 Å². The van der Waals surface area contributed by atoms with Gasteiger partial charge in [-0.05, 0) is 0 Å². The second-order valence-electron chi connectivity index (χ2n) is 0.448. The zero-order chi connectivity index (χ0) is 4.50. The van der Waals surface area contributed by atoms with Crippen LogP contribution in [-0.2, 0) is 38.6 Å². The molecule has 0 aliphatic heterocycles. The quantitative estimate of drug-likeness (QED) is 0.478. The third-order valence-corrected chi connectivity index (χ3v) is 0. The van der Waals surface area contributed by atoms with Crippen LogP contribution in [0.1, 0.15) is 2.85 Å². The van der Waals surface area contributed by atoms with Gasteiger partial charge < -0.3 is 2.85 Å². The van der Waals surface area contributed by atoms with Crippen molar-refractivity contribution in [3.8, 4) is 0 Å². The molecule has 0 aliphatic rings. The maximum atomic E-state index is 8.82.